The monoisotopic (exact) mass is 420 g/mol. The summed E-state index contributed by atoms with van der Waals surface area (Å²) < 4.78 is 10.9. The molecule has 0 unspecified atom stereocenters. The third-order valence-electron chi connectivity index (χ3n) is 4.98. The molecular formula is C22H32N2O6. The highest BCUT2D eigenvalue weighted by atomic mass is 16.5. The van der Waals surface area contributed by atoms with Gasteiger partial charge < -0.3 is 25.2 Å². The number of hydrogen-bond acceptors (Lipinski definition) is 5. The van der Waals surface area contributed by atoms with Crippen LogP contribution in [-0.4, -0.2) is 46.9 Å². The van der Waals surface area contributed by atoms with E-state index in [-0.39, 0.29) is 13.2 Å². The Morgan fingerprint density at radius 3 is 2.30 bits per heavy atom. The zero-order valence-electron chi connectivity index (χ0n) is 17.9. The minimum atomic E-state index is -1.31. The summed E-state index contributed by atoms with van der Waals surface area (Å²) in [5.74, 6) is -1.65. The van der Waals surface area contributed by atoms with Crippen LogP contribution in [0.25, 0.3) is 0 Å². The van der Waals surface area contributed by atoms with Crippen molar-refractivity contribution < 1.29 is 29.0 Å². The molecule has 0 aromatic heterocycles. The van der Waals surface area contributed by atoms with Crippen molar-refractivity contribution in [2.45, 2.75) is 76.7 Å². The van der Waals surface area contributed by atoms with E-state index in [0.29, 0.717) is 12.8 Å². The molecule has 166 valence electrons. The van der Waals surface area contributed by atoms with Gasteiger partial charge in [0.05, 0.1) is 12.2 Å². The van der Waals surface area contributed by atoms with Gasteiger partial charge in [0.25, 0.3) is 0 Å². The van der Waals surface area contributed by atoms with E-state index in [4.69, 9.17) is 9.47 Å². The normalized spacial score (nSPS) is 16.9. The SMILES string of the molecule is CC(C)(C)OC[C@@H](NC(=O)OCc1ccccc1)C(=O)NC1(C(=O)O)CCCCC1. The Kier molecular flexibility index (Phi) is 8.23. The average Bonchev–Trinajstić information content (AvgIpc) is 2.70. The number of ether oxygens (including phenoxy) is 2. The van der Waals surface area contributed by atoms with Crippen LogP contribution in [0.5, 0.6) is 0 Å². The Balaban J connectivity index is 2.04. The fourth-order valence-corrected chi connectivity index (χ4v) is 3.29. The lowest BCUT2D eigenvalue weighted by atomic mass is 9.81. The van der Waals surface area contributed by atoms with Crippen LogP contribution in [0.4, 0.5) is 4.79 Å². The topological polar surface area (TPSA) is 114 Å². The maximum Gasteiger partial charge on any atom is 0.408 e. The van der Waals surface area contributed by atoms with Gasteiger partial charge in [0, 0.05) is 0 Å². The molecular weight excluding hydrogens is 388 g/mol. The van der Waals surface area contributed by atoms with Gasteiger partial charge in [0.1, 0.15) is 18.2 Å². The van der Waals surface area contributed by atoms with E-state index in [9.17, 15) is 19.5 Å². The molecule has 1 aromatic rings. The zero-order chi connectivity index (χ0) is 22.2. The second-order valence-corrected chi connectivity index (χ2v) is 8.62. The molecule has 2 amide bonds. The van der Waals surface area contributed by atoms with Crippen molar-refractivity contribution in [2.24, 2.45) is 0 Å². The predicted octanol–water partition coefficient (Wildman–Crippen LogP) is 3.00. The lowest BCUT2D eigenvalue weighted by Gasteiger charge is -2.35. The van der Waals surface area contributed by atoms with E-state index in [1.807, 2.05) is 51.1 Å². The summed E-state index contributed by atoms with van der Waals surface area (Å²) in [6.45, 7) is 5.44. The van der Waals surface area contributed by atoms with Gasteiger partial charge in [-0.05, 0) is 39.2 Å². The molecule has 8 nitrogen and oxygen atoms in total. The molecule has 0 saturated heterocycles. The van der Waals surface area contributed by atoms with E-state index < -0.39 is 35.2 Å². The van der Waals surface area contributed by atoms with Crippen molar-refractivity contribution in [1.29, 1.82) is 0 Å². The average molecular weight is 421 g/mol. The number of aliphatic carboxylic acids is 1. The van der Waals surface area contributed by atoms with E-state index in [0.717, 1.165) is 24.8 Å². The number of carboxylic acids is 1. The maximum absolute atomic E-state index is 12.9. The summed E-state index contributed by atoms with van der Waals surface area (Å²) >= 11 is 0. The highest BCUT2D eigenvalue weighted by Crippen LogP contribution is 2.28. The van der Waals surface area contributed by atoms with Gasteiger partial charge in [-0.15, -0.1) is 0 Å². The maximum atomic E-state index is 12.9. The summed E-state index contributed by atoms with van der Waals surface area (Å²) in [5.41, 5.74) is -1.04. The molecule has 0 spiro atoms. The van der Waals surface area contributed by atoms with Crippen LogP contribution in [0.2, 0.25) is 0 Å². The number of carboxylic acid groups (broad SMARTS) is 1. The van der Waals surface area contributed by atoms with Crippen molar-refractivity contribution in [3.63, 3.8) is 0 Å². The second-order valence-electron chi connectivity index (χ2n) is 8.62. The first kappa shape index (κ1) is 23.7. The predicted molar refractivity (Wildman–Crippen MR) is 111 cm³/mol. The van der Waals surface area contributed by atoms with Gasteiger partial charge in [-0.2, -0.15) is 0 Å². The number of carbonyl (C=O) groups excluding carboxylic acids is 2. The van der Waals surface area contributed by atoms with E-state index in [1.165, 1.54) is 0 Å². The fourth-order valence-electron chi connectivity index (χ4n) is 3.29. The molecule has 1 saturated carbocycles. The molecule has 0 aliphatic heterocycles. The smallest absolute Gasteiger partial charge is 0.408 e. The first-order valence-electron chi connectivity index (χ1n) is 10.3. The van der Waals surface area contributed by atoms with Gasteiger partial charge >= 0.3 is 12.1 Å². The number of hydrogen-bond donors (Lipinski definition) is 3. The van der Waals surface area contributed by atoms with Crippen molar-refractivity contribution in [3.05, 3.63) is 35.9 Å². The summed E-state index contributed by atoms with van der Waals surface area (Å²) in [6, 6.07) is 8.08. The Bertz CT molecular complexity index is 723. The number of carbonyl (C=O) groups is 3. The molecule has 1 aliphatic carbocycles. The molecule has 1 aliphatic rings. The first-order chi connectivity index (χ1) is 14.1. The molecule has 2 rings (SSSR count). The molecule has 8 heteroatoms. The minimum absolute atomic E-state index is 0.0558. The number of nitrogens with one attached hydrogen (secondary N) is 2. The van der Waals surface area contributed by atoms with Crippen LogP contribution >= 0.6 is 0 Å². The molecule has 0 bridgehead atoms. The molecule has 1 aromatic carbocycles. The molecule has 1 atom stereocenters. The van der Waals surface area contributed by atoms with Crippen LogP contribution < -0.4 is 10.6 Å². The molecule has 1 fully saturated rings. The summed E-state index contributed by atoms with van der Waals surface area (Å²) in [7, 11) is 0. The van der Waals surface area contributed by atoms with Crippen LogP contribution in [0.15, 0.2) is 30.3 Å². The van der Waals surface area contributed by atoms with Crippen molar-refractivity contribution in [2.75, 3.05) is 6.61 Å². The highest BCUT2D eigenvalue weighted by Gasteiger charge is 2.42. The van der Waals surface area contributed by atoms with Crippen LogP contribution in [-0.2, 0) is 25.7 Å². The summed E-state index contributed by atoms with van der Waals surface area (Å²) in [6.07, 6.45) is 2.33. The largest absolute Gasteiger partial charge is 0.480 e. The molecule has 0 radical (unpaired) electrons. The highest BCUT2D eigenvalue weighted by molar-refractivity contribution is 5.91. The standard InChI is InChI=1S/C22H32N2O6/c1-21(2,3)30-15-17(23-20(28)29-14-16-10-6-4-7-11-16)18(25)24-22(19(26)27)12-8-5-9-13-22/h4,6-7,10-11,17H,5,8-9,12-15H2,1-3H3,(H,23,28)(H,24,25)(H,26,27)/t17-/m1/s1. The fraction of sp³-hybridized carbons (Fsp3) is 0.591. The first-order valence-corrected chi connectivity index (χ1v) is 10.3. The van der Waals surface area contributed by atoms with Gasteiger partial charge in [0.15, 0.2) is 0 Å². The number of amides is 2. The third kappa shape index (κ3) is 7.33. The number of benzene rings is 1. The summed E-state index contributed by atoms with van der Waals surface area (Å²) in [4.78, 5) is 37.1. The van der Waals surface area contributed by atoms with Crippen LogP contribution in [0.1, 0.15) is 58.4 Å². The number of rotatable bonds is 8. The summed E-state index contributed by atoms with van der Waals surface area (Å²) in [5, 5.41) is 14.9. The Morgan fingerprint density at radius 1 is 1.10 bits per heavy atom. The molecule has 3 N–H and O–H groups in total. The third-order valence-corrected chi connectivity index (χ3v) is 4.98. The van der Waals surface area contributed by atoms with Crippen molar-refractivity contribution >= 4 is 18.0 Å². The number of alkyl carbamates (subject to hydrolysis) is 1. The molecule has 30 heavy (non-hydrogen) atoms. The van der Waals surface area contributed by atoms with Crippen LogP contribution in [0, 0.1) is 0 Å². The Hall–Kier alpha value is -2.61. The van der Waals surface area contributed by atoms with E-state index in [1.54, 1.807) is 0 Å². The van der Waals surface area contributed by atoms with Crippen LogP contribution in [0.3, 0.4) is 0 Å². The van der Waals surface area contributed by atoms with E-state index in [2.05, 4.69) is 10.6 Å². The lowest BCUT2D eigenvalue weighted by molar-refractivity contribution is -0.150. The van der Waals surface area contributed by atoms with E-state index >= 15 is 0 Å². The van der Waals surface area contributed by atoms with Gasteiger partial charge in [-0.25, -0.2) is 9.59 Å². The second kappa shape index (κ2) is 10.4. The Labute approximate surface area is 177 Å². The molecule has 0 heterocycles. The van der Waals surface area contributed by atoms with Gasteiger partial charge in [-0.1, -0.05) is 49.6 Å². The quantitative estimate of drug-likeness (QED) is 0.596. The van der Waals surface area contributed by atoms with Gasteiger partial charge in [-0.3, -0.25) is 4.79 Å². The Morgan fingerprint density at radius 2 is 1.73 bits per heavy atom. The van der Waals surface area contributed by atoms with Gasteiger partial charge in [0.2, 0.25) is 5.91 Å². The lowest BCUT2D eigenvalue weighted by Crippen LogP contribution is -2.61. The van der Waals surface area contributed by atoms with Crippen molar-refractivity contribution in [3.8, 4) is 0 Å². The minimum Gasteiger partial charge on any atom is -0.480 e. The zero-order valence-corrected chi connectivity index (χ0v) is 17.9. The van der Waals surface area contributed by atoms with Crippen molar-refractivity contribution in [1.82, 2.24) is 10.6 Å².